The second-order valence-electron chi connectivity index (χ2n) is 15.3. The molecule has 2 aliphatic rings. The minimum Gasteiger partial charge on any atom is -0.344 e. The zero-order valence-corrected chi connectivity index (χ0v) is 32.9. The van der Waals surface area contributed by atoms with Crippen molar-refractivity contribution >= 4 is 58.5 Å². The van der Waals surface area contributed by atoms with E-state index in [1.165, 1.54) is 16.7 Å². The molecular formula is C40H51N9O6. The van der Waals surface area contributed by atoms with Gasteiger partial charge in [-0.05, 0) is 83.6 Å². The van der Waals surface area contributed by atoms with Crippen LogP contribution in [0.2, 0.25) is 0 Å². The Kier molecular flexibility index (Phi) is 12.3. The summed E-state index contributed by atoms with van der Waals surface area (Å²) < 4.78 is 0. The maximum atomic E-state index is 13.7. The molecule has 0 saturated carbocycles. The van der Waals surface area contributed by atoms with Gasteiger partial charge in [0.15, 0.2) is 11.6 Å². The van der Waals surface area contributed by atoms with Gasteiger partial charge in [0.2, 0.25) is 23.7 Å². The van der Waals surface area contributed by atoms with Gasteiger partial charge in [-0.25, -0.2) is 9.78 Å². The van der Waals surface area contributed by atoms with Crippen molar-refractivity contribution in [3.63, 3.8) is 0 Å². The third-order valence-electron chi connectivity index (χ3n) is 9.94. The van der Waals surface area contributed by atoms with Crippen LogP contribution in [0.3, 0.4) is 0 Å². The van der Waals surface area contributed by atoms with E-state index in [0.717, 1.165) is 16.8 Å². The lowest BCUT2D eigenvalue weighted by Crippen LogP contribution is -2.60. The number of anilines is 4. The van der Waals surface area contributed by atoms with Crippen LogP contribution in [0.1, 0.15) is 93.9 Å². The Bertz CT molecular complexity index is 1980. The van der Waals surface area contributed by atoms with Crippen molar-refractivity contribution in [1.29, 1.82) is 0 Å². The number of benzene rings is 1. The number of fused-ring (bicyclic) bond motifs is 1. The fourth-order valence-electron chi connectivity index (χ4n) is 6.73. The van der Waals surface area contributed by atoms with Crippen LogP contribution >= 0.6 is 0 Å². The number of urea groups is 1. The van der Waals surface area contributed by atoms with E-state index in [1.807, 2.05) is 39.8 Å². The van der Waals surface area contributed by atoms with Crippen molar-refractivity contribution in [2.75, 3.05) is 28.7 Å². The molecule has 55 heavy (non-hydrogen) atoms. The second-order valence-corrected chi connectivity index (χ2v) is 15.3. The first-order valence-electron chi connectivity index (χ1n) is 18.6. The number of carbonyl (C=O) groups excluding carboxylic acids is 6. The molecule has 1 fully saturated rings. The standard InChI is InChI=1S/C40H51N9O6/c1-23(2)18-30(26(5)50)44-37(54)40(6,7)46-36(53)31-10-9-17-48(31)34(52)16-15-33(51)27-13-11-24(3)32(19-27)49-22-28-20-42-38(45-35(28)47(8)39(49)55)43-29-14-12-25(4)41-21-29/h11-14,19-21,23,30-31H,9-10,15-18,22H2,1-8H3,(H,44,54)(H,46,53)(H,42,43,45)/t30-,31-/m0/s1. The summed E-state index contributed by atoms with van der Waals surface area (Å²) in [5.41, 5.74) is 2.65. The number of hydrogen-bond donors (Lipinski definition) is 3. The number of aromatic nitrogens is 3. The SMILES string of the molecule is CC(=O)[C@H](CC(C)C)NC(=O)C(C)(C)NC(=O)[C@@H]1CCCN1C(=O)CCC(=O)c1ccc(C)c(N2Cc3cnc(Nc4ccc(C)nc4)nc3N(C)C2=O)c1. The van der Waals surface area contributed by atoms with E-state index in [4.69, 9.17) is 0 Å². The predicted molar refractivity (Wildman–Crippen MR) is 208 cm³/mol. The van der Waals surface area contributed by atoms with Crippen LogP contribution in [0.5, 0.6) is 0 Å². The monoisotopic (exact) mass is 753 g/mol. The van der Waals surface area contributed by atoms with Gasteiger partial charge in [-0.3, -0.25) is 38.8 Å². The van der Waals surface area contributed by atoms with Crippen molar-refractivity contribution in [2.45, 2.75) is 105 Å². The number of aryl methyl sites for hydroxylation is 2. The molecular weight excluding hydrogens is 702 g/mol. The molecule has 2 atom stereocenters. The van der Waals surface area contributed by atoms with Gasteiger partial charge in [-0.1, -0.05) is 26.0 Å². The van der Waals surface area contributed by atoms with E-state index < -0.39 is 29.4 Å². The molecule has 1 saturated heterocycles. The number of pyridine rings is 1. The Balaban J connectivity index is 1.21. The fourth-order valence-corrected chi connectivity index (χ4v) is 6.73. The van der Waals surface area contributed by atoms with Gasteiger partial charge in [0.1, 0.15) is 17.4 Å². The number of amides is 5. The number of carbonyl (C=O) groups is 6. The van der Waals surface area contributed by atoms with E-state index >= 15 is 0 Å². The van der Waals surface area contributed by atoms with Crippen molar-refractivity contribution in [2.24, 2.45) is 5.92 Å². The summed E-state index contributed by atoms with van der Waals surface area (Å²) in [6.45, 7) is 12.7. The Morgan fingerprint density at radius 1 is 1.00 bits per heavy atom. The molecule has 15 heteroatoms. The van der Waals surface area contributed by atoms with Crippen molar-refractivity contribution < 1.29 is 28.8 Å². The molecule has 0 radical (unpaired) electrons. The normalized spacial score (nSPS) is 16.1. The van der Waals surface area contributed by atoms with Crippen molar-refractivity contribution in [3.05, 3.63) is 65.1 Å². The van der Waals surface area contributed by atoms with E-state index in [9.17, 15) is 28.8 Å². The smallest absolute Gasteiger partial charge is 0.330 e. The lowest BCUT2D eigenvalue weighted by atomic mass is 9.98. The highest BCUT2D eigenvalue weighted by molar-refractivity contribution is 6.07. The molecule has 292 valence electrons. The van der Waals surface area contributed by atoms with Crippen molar-refractivity contribution in [3.8, 4) is 0 Å². The van der Waals surface area contributed by atoms with Crippen LogP contribution in [0, 0.1) is 19.8 Å². The van der Waals surface area contributed by atoms with Crippen LogP contribution in [-0.4, -0.2) is 86.4 Å². The number of nitrogens with one attached hydrogen (secondary N) is 3. The second kappa shape index (κ2) is 16.7. The van der Waals surface area contributed by atoms with Gasteiger partial charge in [0, 0.05) is 55.1 Å². The zero-order valence-electron chi connectivity index (χ0n) is 32.9. The average molecular weight is 754 g/mol. The molecule has 5 rings (SSSR count). The lowest BCUT2D eigenvalue weighted by molar-refractivity contribution is -0.141. The summed E-state index contributed by atoms with van der Waals surface area (Å²) in [6.07, 6.45) is 4.62. The van der Waals surface area contributed by atoms with Crippen LogP contribution in [-0.2, 0) is 25.7 Å². The largest absolute Gasteiger partial charge is 0.344 e. The third kappa shape index (κ3) is 9.51. The van der Waals surface area contributed by atoms with Crippen molar-refractivity contribution in [1.82, 2.24) is 30.5 Å². The maximum Gasteiger partial charge on any atom is 0.330 e. The van der Waals surface area contributed by atoms with E-state index in [-0.39, 0.29) is 48.8 Å². The van der Waals surface area contributed by atoms with Crippen LogP contribution in [0.15, 0.2) is 42.7 Å². The molecule has 0 aliphatic carbocycles. The number of ketones is 2. The number of rotatable bonds is 14. The van der Waals surface area contributed by atoms with Gasteiger partial charge >= 0.3 is 6.03 Å². The summed E-state index contributed by atoms with van der Waals surface area (Å²) in [4.78, 5) is 97.0. The molecule has 2 aliphatic heterocycles. The number of likely N-dealkylation sites (tertiary alicyclic amines) is 1. The predicted octanol–water partition coefficient (Wildman–Crippen LogP) is 4.78. The van der Waals surface area contributed by atoms with Crippen LogP contribution < -0.4 is 25.8 Å². The Labute approximate surface area is 321 Å². The quantitative estimate of drug-likeness (QED) is 0.194. The highest BCUT2D eigenvalue weighted by Crippen LogP contribution is 2.33. The molecule has 3 N–H and O–H groups in total. The Morgan fingerprint density at radius 3 is 2.42 bits per heavy atom. The zero-order chi connectivity index (χ0) is 40.2. The van der Waals surface area contributed by atoms with Gasteiger partial charge in [-0.2, -0.15) is 4.98 Å². The molecule has 0 unspecified atom stereocenters. The minimum atomic E-state index is -1.34. The molecule has 1 aromatic carbocycles. The molecule has 15 nitrogen and oxygen atoms in total. The Morgan fingerprint density at radius 2 is 1.75 bits per heavy atom. The van der Waals surface area contributed by atoms with E-state index in [1.54, 1.807) is 56.4 Å². The first-order chi connectivity index (χ1) is 25.9. The summed E-state index contributed by atoms with van der Waals surface area (Å²) in [5.74, 6) is -0.780. The van der Waals surface area contributed by atoms with Gasteiger partial charge in [0.25, 0.3) is 0 Å². The highest BCUT2D eigenvalue weighted by Gasteiger charge is 2.39. The number of hydrogen-bond acceptors (Lipinski definition) is 10. The maximum absolute atomic E-state index is 13.7. The molecule has 2 aromatic heterocycles. The molecule has 5 amide bonds. The summed E-state index contributed by atoms with van der Waals surface area (Å²) in [7, 11) is 1.63. The van der Waals surface area contributed by atoms with E-state index in [2.05, 4.69) is 30.9 Å². The average Bonchev–Trinajstić information content (AvgIpc) is 3.63. The molecule has 3 aromatic rings. The number of Topliss-reactive ketones (excluding diaryl/α,β-unsaturated/α-hetero) is 2. The summed E-state index contributed by atoms with van der Waals surface area (Å²) in [6, 6.07) is 7.06. The topological polar surface area (TPSA) is 187 Å². The fraction of sp³-hybridized carbons (Fsp3) is 0.475. The van der Waals surface area contributed by atoms with Gasteiger partial charge in [-0.15, -0.1) is 0 Å². The minimum absolute atomic E-state index is 0.0981. The summed E-state index contributed by atoms with van der Waals surface area (Å²) >= 11 is 0. The molecule has 4 heterocycles. The third-order valence-corrected chi connectivity index (χ3v) is 9.94. The highest BCUT2D eigenvalue weighted by atomic mass is 16.2. The number of nitrogens with zero attached hydrogens (tertiary/aromatic N) is 6. The Hall–Kier alpha value is -5.73. The summed E-state index contributed by atoms with van der Waals surface area (Å²) in [5, 5.41) is 8.64. The van der Waals surface area contributed by atoms with Gasteiger partial charge in [0.05, 0.1) is 24.5 Å². The van der Waals surface area contributed by atoms with Crippen LogP contribution in [0.25, 0.3) is 0 Å². The first kappa shape index (κ1) is 40.5. The molecule has 0 spiro atoms. The lowest BCUT2D eigenvalue weighted by Gasteiger charge is -2.35. The molecule has 0 bridgehead atoms. The first-order valence-corrected chi connectivity index (χ1v) is 18.6. The van der Waals surface area contributed by atoms with E-state index in [0.29, 0.717) is 54.5 Å². The van der Waals surface area contributed by atoms with Gasteiger partial charge < -0.3 is 20.9 Å². The van der Waals surface area contributed by atoms with Crippen LogP contribution in [0.4, 0.5) is 27.9 Å².